The van der Waals surface area contributed by atoms with E-state index < -0.39 is 5.60 Å². The van der Waals surface area contributed by atoms with Crippen molar-refractivity contribution in [1.29, 1.82) is 0 Å². The lowest BCUT2D eigenvalue weighted by molar-refractivity contribution is 0.0387. The van der Waals surface area contributed by atoms with Gasteiger partial charge < -0.3 is 34.1 Å². The van der Waals surface area contributed by atoms with Crippen LogP contribution in [0.1, 0.15) is 123 Å². The van der Waals surface area contributed by atoms with Crippen molar-refractivity contribution in [2.45, 2.75) is 127 Å². The van der Waals surface area contributed by atoms with Gasteiger partial charge in [0.2, 0.25) is 17.8 Å². The van der Waals surface area contributed by atoms with Crippen molar-refractivity contribution in [2.75, 3.05) is 99.2 Å². The van der Waals surface area contributed by atoms with Crippen molar-refractivity contribution < 1.29 is 23.7 Å². The molecule has 16 heteroatoms. The highest BCUT2D eigenvalue weighted by atomic mass is 127. The molecule has 0 saturated carbocycles. The maximum atomic E-state index is 13.3. The molecule has 0 bridgehead atoms. The number of rotatable bonds is 10. The lowest BCUT2D eigenvalue weighted by atomic mass is 9.74. The summed E-state index contributed by atoms with van der Waals surface area (Å²) in [6, 6.07) is 21.3. The highest BCUT2D eigenvalue weighted by Gasteiger charge is 2.48. The molecule has 0 atom stereocenters. The van der Waals surface area contributed by atoms with E-state index in [4.69, 9.17) is 33.9 Å². The van der Waals surface area contributed by atoms with Crippen LogP contribution in [0.2, 0.25) is 0 Å². The number of halogens is 1. The molecule has 77 heavy (non-hydrogen) atoms. The van der Waals surface area contributed by atoms with Crippen LogP contribution < -0.4 is 35.0 Å². The van der Waals surface area contributed by atoms with Crippen LogP contribution in [0.4, 0.5) is 28.1 Å². The minimum absolute atomic E-state index is 0.0726. The number of carbonyl (C=O) groups is 1. The first-order valence-corrected chi connectivity index (χ1v) is 29.4. The SMILES string of the molecule is COc1ccc(COc2nc(N3CCC4(CC3)CN(C(=O)OC(C)(C)C)c3cc(I)ccc34)nc3c2CCCC3)cc1.O=c1[nH]c(N2CCC3(CC2)CNc2cc(/C=C/CCN4CCOCC4)ccc23)nc2c1CCCC2. The number of methoxy groups -OCH3 is 1. The number of aromatic amines is 1. The maximum Gasteiger partial charge on any atom is 0.414 e. The number of hydrogen-bond acceptors (Lipinski definition) is 13. The summed E-state index contributed by atoms with van der Waals surface area (Å²) in [5, 5.41) is 3.70. The molecule has 7 heterocycles. The van der Waals surface area contributed by atoms with Gasteiger partial charge in [-0.15, -0.1) is 0 Å². The fraction of sp³-hybridized carbons (Fsp3) is 0.525. The number of carbonyl (C=O) groups excluding carboxylic acids is 1. The topological polar surface area (TPSA) is 151 Å². The van der Waals surface area contributed by atoms with Crippen LogP contribution in [0.15, 0.2) is 71.5 Å². The summed E-state index contributed by atoms with van der Waals surface area (Å²) in [7, 11) is 1.67. The monoisotopic (exact) mass is 1160 g/mol. The van der Waals surface area contributed by atoms with Crippen LogP contribution in [0, 0.1) is 3.57 Å². The first kappa shape index (κ1) is 53.3. The predicted octanol–water partition coefficient (Wildman–Crippen LogP) is 10.2. The number of nitrogens with zero attached hydrogens (tertiary/aromatic N) is 7. The molecule has 2 aliphatic carbocycles. The predicted molar refractivity (Wildman–Crippen MR) is 312 cm³/mol. The molecule has 2 spiro atoms. The fourth-order valence-corrected chi connectivity index (χ4v) is 13.1. The van der Waals surface area contributed by atoms with E-state index in [-0.39, 0.29) is 22.5 Å². The third kappa shape index (κ3) is 11.9. The van der Waals surface area contributed by atoms with Crippen molar-refractivity contribution >= 4 is 58.0 Å². The highest BCUT2D eigenvalue weighted by Crippen LogP contribution is 2.49. The Morgan fingerprint density at radius 2 is 1.48 bits per heavy atom. The van der Waals surface area contributed by atoms with Crippen LogP contribution in [-0.2, 0) is 52.6 Å². The molecule has 3 fully saturated rings. The Kier molecular flexibility index (Phi) is 15.9. The van der Waals surface area contributed by atoms with Gasteiger partial charge in [-0.05, 0) is 179 Å². The zero-order valence-electron chi connectivity index (χ0n) is 45.6. The van der Waals surface area contributed by atoms with Gasteiger partial charge in [0.05, 0.1) is 37.4 Å². The summed E-state index contributed by atoms with van der Waals surface area (Å²) < 4.78 is 24.0. The Balaban J connectivity index is 0.000000166. The Hall–Kier alpha value is -5.72. The van der Waals surface area contributed by atoms with Crippen molar-refractivity contribution in [1.82, 2.24) is 24.8 Å². The van der Waals surface area contributed by atoms with Crippen molar-refractivity contribution in [3.63, 3.8) is 0 Å². The smallest absolute Gasteiger partial charge is 0.414 e. The number of amides is 1. The number of aromatic nitrogens is 4. The van der Waals surface area contributed by atoms with Gasteiger partial charge in [-0.3, -0.25) is 19.6 Å². The van der Waals surface area contributed by atoms with Gasteiger partial charge in [-0.1, -0.05) is 42.5 Å². The molecule has 0 radical (unpaired) electrons. The molecule has 1 amide bonds. The zero-order chi connectivity index (χ0) is 53.2. The molecule has 5 aliphatic heterocycles. The Morgan fingerprint density at radius 1 is 0.792 bits per heavy atom. The Morgan fingerprint density at radius 3 is 2.22 bits per heavy atom. The second-order valence-corrected chi connectivity index (χ2v) is 24.4. The number of anilines is 4. The molecular weight excluding hydrogens is 1080 g/mol. The molecule has 12 rings (SSSR count). The minimum Gasteiger partial charge on any atom is -0.497 e. The normalized spacial score (nSPS) is 19.5. The van der Waals surface area contributed by atoms with Crippen LogP contribution in [-0.4, -0.2) is 116 Å². The van der Waals surface area contributed by atoms with E-state index in [0.717, 1.165) is 204 Å². The third-order valence-electron chi connectivity index (χ3n) is 17.0. The number of aryl methyl sites for hydroxylation is 2. The Bertz CT molecular complexity index is 3010. The van der Waals surface area contributed by atoms with Gasteiger partial charge in [-0.2, -0.15) is 4.98 Å². The van der Waals surface area contributed by atoms with Crippen molar-refractivity contribution in [3.8, 4) is 11.6 Å². The summed E-state index contributed by atoms with van der Waals surface area (Å²) in [6.07, 6.45) is 17.5. The zero-order valence-corrected chi connectivity index (χ0v) is 47.7. The van der Waals surface area contributed by atoms with Gasteiger partial charge >= 0.3 is 6.09 Å². The number of benzene rings is 3. The van der Waals surface area contributed by atoms with Gasteiger partial charge in [-0.25, -0.2) is 14.8 Å². The summed E-state index contributed by atoms with van der Waals surface area (Å²) in [4.78, 5) is 52.8. The number of piperidine rings is 2. The van der Waals surface area contributed by atoms with Gasteiger partial charge in [0, 0.05) is 90.1 Å². The molecular formula is C61H76IN9O6. The van der Waals surface area contributed by atoms with E-state index in [9.17, 15) is 9.59 Å². The van der Waals surface area contributed by atoms with E-state index in [0.29, 0.717) is 19.0 Å². The molecule has 2 aromatic heterocycles. The van der Waals surface area contributed by atoms with E-state index in [1.807, 2.05) is 49.9 Å². The van der Waals surface area contributed by atoms with Crippen LogP contribution >= 0.6 is 22.6 Å². The summed E-state index contributed by atoms with van der Waals surface area (Å²) in [5.41, 5.74) is 11.1. The first-order chi connectivity index (χ1) is 37.3. The van der Waals surface area contributed by atoms with Gasteiger partial charge in [0.25, 0.3) is 5.56 Å². The van der Waals surface area contributed by atoms with Gasteiger partial charge in [0.1, 0.15) is 18.0 Å². The van der Waals surface area contributed by atoms with Crippen molar-refractivity contribution in [2.24, 2.45) is 0 Å². The summed E-state index contributed by atoms with van der Waals surface area (Å²) in [6.45, 7) is 16.2. The minimum atomic E-state index is -0.546. The Labute approximate surface area is 467 Å². The van der Waals surface area contributed by atoms with E-state index in [1.54, 1.807) is 7.11 Å². The molecule has 3 saturated heterocycles. The number of hydrogen-bond donors (Lipinski definition) is 2. The lowest BCUT2D eigenvalue weighted by Crippen LogP contribution is -2.47. The molecule has 7 aliphatic rings. The second kappa shape index (κ2) is 22.9. The molecule has 5 aromatic rings. The van der Waals surface area contributed by atoms with E-state index in [2.05, 4.69) is 96.1 Å². The molecule has 3 aromatic carbocycles. The van der Waals surface area contributed by atoms with E-state index in [1.165, 1.54) is 22.4 Å². The number of ether oxygens (including phenoxy) is 4. The standard InChI is InChI=1S/C33H39IN4O4.C28H37N5O2/c1-32(2,3)42-31(39)38-21-33(26-14-11-23(34)19-28(26)38)15-17-37(18-16-33)30-35-27-8-6-5-7-25(27)29(36-30)41-20-22-9-12-24(40-4)13-10-22;34-26-22-6-1-2-7-24(22)30-27(31-26)33-13-10-28(11-14-33)20-29-25-19-21(8-9-23(25)28)5-3-4-12-32-15-17-35-18-16-32/h9-14,19H,5-8,15-18,20-21H2,1-4H3;3,5,8-9,19,29H,1-2,4,6-7,10-18,20H2,(H,30,31,34)/b;5-3+. The fourth-order valence-electron chi connectivity index (χ4n) is 12.6. The number of H-pyrrole nitrogens is 1. The molecule has 408 valence electrons. The van der Waals surface area contributed by atoms with Crippen molar-refractivity contribution in [3.05, 3.63) is 125 Å². The van der Waals surface area contributed by atoms with Crippen LogP contribution in [0.5, 0.6) is 11.6 Å². The quantitative estimate of drug-likeness (QED) is 0.128. The molecule has 0 unspecified atom stereocenters. The van der Waals surface area contributed by atoms with Crippen LogP contribution in [0.3, 0.4) is 0 Å². The second-order valence-electron chi connectivity index (χ2n) is 23.2. The first-order valence-electron chi connectivity index (χ1n) is 28.3. The summed E-state index contributed by atoms with van der Waals surface area (Å²) >= 11 is 2.32. The molecule has 2 N–H and O–H groups in total. The van der Waals surface area contributed by atoms with Gasteiger partial charge in [0.15, 0.2) is 0 Å². The largest absolute Gasteiger partial charge is 0.497 e. The lowest BCUT2D eigenvalue weighted by Gasteiger charge is -2.40. The number of fused-ring (bicyclic) bond motifs is 6. The van der Waals surface area contributed by atoms with E-state index >= 15 is 0 Å². The van der Waals surface area contributed by atoms with Crippen LogP contribution in [0.25, 0.3) is 6.08 Å². The maximum absolute atomic E-state index is 13.3. The third-order valence-corrected chi connectivity index (χ3v) is 17.7. The number of nitrogens with one attached hydrogen (secondary N) is 2. The average Bonchev–Trinajstić information content (AvgIpc) is 4.14. The number of morpholine rings is 1. The molecule has 15 nitrogen and oxygen atoms in total. The highest BCUT2D eigenvalue weighted by molar-refractivity contribution is 14.1. The summed E-state index contributed by atoms with van der Waals surface area (Å²) in [5.74, 6) is 3.06. The average molecular weight is 1160 g/mol.